The van der Waals surface area contributed by atoms with Crippen LogP contribution in [0.15, 0.2) is 53.7 Å². The van der Waals surface area contributed by atoms with Gasteiger partial charge in [-0.3, -0.25) is 14.2 Å². The number of rotatable bonds is 7. The average molecular weight is 464 g/mol. The van der Waals surface area contributed by atoms with E-state index in [2.05, 4.69) is 31.0 Å². The molecule has 0 unspecified atom stereocenters. The van der Waals surface area contributed by atoms with Gasteiger partial charge in [0.15, 0.2) is 17.3 Å². The lowest BCUT2D eigenvalue weighted by molar-refractivity contribution is 0.0936. The molecule has 4 aromatic rings. The minimum Gasteiger partial charge on any atom is -0.379 e. The van der Waals surface area contributed by atoms with Crippen LogP contribution in [0.3, 0.4) is 0 Å². The normalized spacial score (nSPS) is 16.9. The molecule has 0 bridgehead atoms. The van der Waals surface area contributed by atoms with Gasteiger partial charge in [-0.25, -0.2) is 14.4 Å². The summed E-state index contributed by atoms with van der Waals surface area (Å²) in [4.78, 5) is 34.3. The lowest BCUT2D eigenvalue weighted by atomic mass is 10.3. The minimum absolute atomic E-state index is 0.00744. The van der Waals surface area contributed by atoms with Gasteiger partial charge in [0.2, 0.25) is 0 Å². The van der Waals surface area contributed by atoms with Gasteiger partial charge in [-0.2, -0.15) is 9.61 Å². The second kappa shape index (κ2) is 8.56. The summed E-state index contributed by atoms with van der Waals surface area (Å²) in [5.74, 6) is -0.220. The number of pyridine rings is 2. The molecular formula is C22H21FN8O3. The molecule has 0 radical (unpaired) electrons. The third-order valence-corrected chi connectivity index (χ3v) is 5.50. The number of fused-ring (bicyclic) bond motifs is 1. The van der Waals surface area contributed by atoms with Crippen molar-refractivity contribution >= 4 is 28.9 Å². The topological polar surface area (TPSA) is 127 Å². The van der Waals surface area contributed by atoms with Crippen LogP contribution >= 0.6 is 0 Å². The molecule has 4 aromatic heterocycles. The molecule has 4 heterocycles. The highest BCUT2D eigenvalue weighted by atomic mass is 19.1. The Morgan fingerprint density at radius 3 is 2.88 bits per heavy atom. The number of nitrogens with one attached hydrogen (secondary N) is 3. The molecule has 0 saturated heterocycles. The first-order chi connectivity index (χ1) is 16.5. The highest BCUT2D eigenvalue weighted by Crippen LogP contribution is 2.26. The summed E-state index contributed by atoms with van der Waals surface area (Å²) < 4.78 is 22.0. The first-order valence-corrected chi connectivity index (χ1v) is 10.5. The van der Waals surface area contributed by atoms with Gasteiger partial charge in [0, 0.05) is 32.6 Å². The van der Waals surface area contributed by atoms with Gasteiger partial charge in [-0.1, -0.05) is 0 Å². The molecule has 1 aliphatic carbocycles. The molecule has 0 aliphatic heterocycles. The van der Waals surface area contributed by atoms with E-state index in [0.717, 1.165) is 11.0 Å². The van der Waals surface area contributed by atoms with Crippen molar-refractivity contribution in [3.63, 3.8) is 0 Å². The molecule has 2 atom stereocenters. The Morgan fingerprint density at radius 2 is 2.15 bits per heavy atom. The van der Waals surface area contributed by atoms with Crippen molar-refractivity contribution in [2.24, 2.45) is 0 Å². The Morgan fingerprint density at radius 1 is 1.29 bits per heavy atom. The molecule has 174 valence electrons. The highest BCUT2D eigenvalue weighted by molar-refractivity contribution is 6.00. The number of halogens is 1. The zero-order valence-corrected chi connectivity index (χ0v) is 18.3. The lowest BCUT2D eigenvalue weighted by Gasteiger charge is -2.12. The van der Waals surface area contributed by atoms with Crippen LogP contribution in [0, 0.1) is 5.82 Å². The summed E-state index contributed by atoms with van der Waals surface area (Å²) >= 11 is 0. The van der Waals surface area contributed by atoms with Gasteiger partial charge in [-0.05, 0) is 30.7 Å². The van der Waals surface area contributed by atoms with E-state index in [1.165, 1.54) is 35.2 Å². The van der Waals surface area contributed by atoms with E-state index in [1.54, 1.807) is 32.4 Å². The van der Waals surface area contributed by atoms with Gasteiger partial charge in [0.25, 0.3) is 11.5 Å². The van der Waals surface area contributed by atoms with Crippen molar-refractivity contribution in [3.8, 4) is 5.82 Å². The average Bonchev–Trinajstić information content (AvgIpc) is 3.45. The Balaban J connectivity index is 1.50. The smallest absolute Gasteiger partial charge is 0.280 e. The van der Waals surface area contributed by atoms with Crippen molar-refractivity contribution in [1.29, 1.82) is 0 Å². The molecular weight excluding hydrogens is 443 g/mol. The zero-order chi connectivity index (χ0) is 23.8. The number of hydrogen-bond acceptors (Lipinski definition) is 8. The predicted molar refractivity (Wildman–Crippen MR) is 122 cm³/mol. The first kappa shape index (κ1) is 21.5. The van der Waals surface area contributed by atoms with Crippen LogP contribution in [0.4, 0.5) is 21.7 Å². The standard InChI is InChI=1S/C22H21FN8O3/c1-24-18-10-17(27-14-6-4-8-30(22(14)33)20-13(23)5-3-7-25-20)29-19-12(11-26-31(18)19)21(32)28-15-9-16(15)34-2/h3-8,10-11,15-16,24H,9H2,1-2H3,(H,27,29)(H,28,32)/t15-,16-/m1/s1. The van der Waals surface area contributed by atoms with Crippen molar-refractivity contribution in [3.05, 3.63) is 70.7 Å². The Kier molecular flexibility index (Phi) is 5.42. The molecule has 3 N–H and O–H groups in total. The number of hydrogen-bond donors (Lipinski definition) is 3. The van der Waals surface area contributed by atoms with Crippen LogP contribution in [0.25, 0.3) is 11.5 Å². The summed E-state index contributed by atoms with van der Waals surface area (Å²) in [7, 11) is 3.30. The van der Waals surface area contributed by atoms with Crippen LogP contribution in [0.5, 0.6) is 0 Å². The van der Waals surface area contributed by atoms with Crippen molar-refractivity contribution < 1.29 is 13.9 Å². The lowest BCUT2D eigenvalue weighted by Crippen LogP contribution is -2.28. The van der Waals surface area contributed by atoms with Crippen LogP contribution < -0.4 is 21.5 Å². The van der Waals surface area contributed by atoms with Crippen molar-refractivity contribution in [1.82, 2.24) is 29.5 Å². The van der Waals surface area contributed by atoms with Gasteiger partial charge in [0.1, 0.15) is 22.9 Å². The molecule has 34 heavy (non-hydrogen) atoms. The van der Waals surface area contributed by atoms with E-state index in [1.807, 2.05) is 0 Å². The third-order valence-electron chi connectivity index (χ3n) is 5.50. The molecule has 1 amide bonds. The SMILES string of the molecule is CNc1cc(Nc2cccn(-c3ncccc3F)c2=O)nc2c(C(=O)N[C@@H]3C[C@H]3OC)cnn12. The molecule has 11 nitrogen and oxygen atoms in total. The first-order valence-electron chi connectivity index (χ1n) is 10.5. The number of amides is 1. The maximum Gasteiger partial charge on any atom is 0.280 e. The quantitative estimate of drug-likeness (QED) is 0.377. The van der Waals surface area contributed by atoms with E-state index in [4.69, 9.17) is 4.74 Å². The maximum atomic E-state index is 14.2. The van der Waals surface area contributed by atoms with E-state index >= 15 is 0 Å². The molecule has 0 spiro atoms. The van der Waals surface area contributed by atoms with E-state index in [0.29, 0.717) is 17.3 Å². The summed E-state index contributed by atoms with van der Waals surface area (Å²) in [5, 5.41) is 13.1. The molecule has 1 fully saturated rings. The number of anilines is 3. The number of ether oxygens (including phenoxy) is 1. The summed E-state index contributed by atoms with van der Waals surface area (Å²) in [6.45, 7) is 0. The molecule has 5 rings (SSSR count). The van der Waals surface area contributed by atoms with Crippen molar-refractivity contribution in [2.75, 3.05) is 24.8 Å². The second-order valence-corrected chi connectivity index (χ2v) is 7.69. The van der Waals surface area contributed by atoms with E-state index in [9.17, 15) is 14.0 Å². The summed E-state index contributed by atoms with van der Waals surface area (Å²) in [6, 6.07) is 7.41. The fourth-order valence-electron chi connectivity index (χ4n) is 3.64. The molecule has 1 aliphatic rings. The van der Waals surface area contributed by atoms with Crippen LogP contribution in [-0.2, 0) is 4.74 Å². The number of methoxy groups -OCH3 is 1. The zero-order valence-electron chi connectivity index (χ0n) is 18.3. The molecule has 1 saturated carbocycles. The van der Waals surface area contributed by atoms with Crippen LogP contribution in [0.1, 0.15) is 16.8 Å². The second-order valence-electron chi connectivity index (χ2n) is 7.69. The number of nitrogens with zero attached hydrogens (tertiary/aromatic N) is 5. The van der Waals surface area contributed by atoms with Crippen LogP contribution in [-0.4, -0.2) is 56.4 Å². The maximum absolute atomic E-state index is 14.2. The fraction of sp³-hybridized carbons (Fsp3) is 0.227. The monoisotopic (exact) mass is 464 g/mol. The number of aromatic nitrogens is 5. The van der Waals surface area contributed by atoms with Gasteiger partial charge >= 0.3 is 0 Å². The van der Waals surface area contributed by atoms with Gasteiger partial charge in [-0.15, -0.1) is 0 Å². The predicted octanol–water partition coefficient (Wildman–Crippen LogP) is 1.72. The number of carbonyl (C=O) groups excluding carboxylic acids is 1. The third kappa shape index (κ3) is 3.83. The summed E-state index contributed by atoms with van der Waals surface area (Å²) in [6.07, 6.45) is 5.03. The van der Waals surface area contributed by atoms with Gasteiger partial charge in [0.05, 0.1) is 18.3 Å². The molecule has 0 aromatic carbocycles. The Bertz CT molecular complexity index is 1450. The van der Waals surface area contributed by atoms with E-state index < -0.39 is 11.4 Å². The van der Waals surface area contributed by atoms with Crippen LogP contribution in [0.2, 0.25) is 0 Å². The summed E-state index contributed by atoms with van der Waals surface area (Å²) in [5.41, 5.74) is 0.216. The Hall–Kier alpha value is -4.32. The minimum atomic E-state index is -0.625. The van der Waals surface area contributed by atoms with E-state index in [-0.39, 0.29) is 35.1 Å². The molecule has 12 heteroatoms. The van der Waals surface area contributed by atoms with Crippen molar-refractivity contribution in [2.45, 2.75) is 18.6 Å². The van der Waals surface area contributed by atoms with Gasteiger partial charge < -0.3 is 20.7 Å². The highest BCUT2D eigenvalue weighted by Gasteiger charge is 2.39. The Labute approximate surface area is 192 Å². The largest absolute Gasteiger partial charge is 0.379 e. The fourth-order valence-corrected chi connectivity index (χ4v) is 3.64. The number of carbonyl (C=O) groups is 1.